The smallest absolute Gasteiger partial charge is 0.123 e. The predicted octanol–water partition coefficient (Wildman–Crippen LogP) is 7.53. The zero-order valence-corrected chi connectivity index (χ0v) is 21.4. The van der Waals surface area contributed by atoms with E-state index in [1.165, 1.54) is 38.5 Å². The molecule has 0 aliphatic rings. The fourth-order valence-corrected chi connectivity index (χ4v) is 5.30. The molecule has 2 nitrogen and oxygen atoms in total. The summed E-state index contributed by atoms with van der Waals surface area (Å²) < 4.78 is 0. The van der Waals surface area contributed by atoms with Crippen molar-refractivity contribution in [1.29, 1.82) is 0 Å². The molecule has 1 unspecified atom stereocenters. The number of aliphatic hydroxyl groups is 1. The lowest BCUT2D eigenvalue weighted by molar-refractivity contribution is 0.225. The van der Waals surface area contributed by atoms with E-state index in [4.69, 9.17) is 0 Å². The second kappa shape index (κ2) is 12.5. The maximum Gasteiger partial charge on any atom is 0.123 e. The molecule has 29 heavy (non-hydrogen) atoms. The number of unbranched alkanes of at least 4 members (excludes halogenated alkanes) is 5. The van der Waals surface area contributed by atoms with Gasteiger partial charge in [-0.05, 0) is 35.1 Å². The minimum Gasteiger partial charge on any atom is -0.507 e. The van der Waals surface area contributed by atoms with Gasteiger partial charge >= 0.3 is 0 Å². The number of benzene rings is 1. The lowest BCUT2D eigenvalue weighted by Gasteiger charge is -2.28. The highest BCUT2D eigenvalue weighted by molar-refractivity contribution is 8.00. The van der Waals surface area contributed by atoms with Crippen LogP contribution in [0.2, 0.25) is 0 Å². The van der Waals surface area contributed by atoms with Crippen molar-refractivity contribution in [2.75, 3.05) is 17.3 Å². The number of aromatic hydroxyl groups is 1. The first kappa shape index (κ1) is 26.7. The van der Waals surface area contributed by atoms with Crippen LogP contribution in [0.15, 0.2) is 17.0 Å². The maximum atomic E-state index is 10.8. The van der Waals surface area contributed by atoms with Crippen molar-refractivity contribution in [2.45, 2.75) is 109 Å². The van der Waals surface area contributed by atoms with Gasteiger partial charge in [0, 0.05) is 27.5 Å². The third-order valence-corrected chi connectivity index (χ3v) is 7.41. The van der Waals surface area contributed by atoms with Crippen molar-refractivity contribution in [2.24, 2.45) is 0 Å². The highest BCUT2D eigenvalue weighted by atomic mass is 32.2. The zero-order valence-electron chi connectivity index (χ0n) is 19.8. The normalized spacial score (nSPS) is 13.7. The SMILES string of the molecule is CCCCCCCCSCC(O)CSc1cc(C(C)(C)C)c(O)c(C(C)(C)C)c1. The fraction of sp³-hybridized carbons (Fsp3) is 0.760. The molecule has 0 bridgehead atoms. The molecule has 0 fully saturated rings. The first-order valence-electron chi connectivity index (χ1n) is 11.2. The van der Waals surface area contributed by atoms with Crippen molar-refractivity contribution in [3.8, 4) is 5.75 Å². The summed E-state index contributed by atoms with van der Waals surface area (Å²) in [7, 11) is 0. The Morgan fingerprint density at radius 2 is 1.34 bits per heavy atom. The lowest BCUT2D eigenvalue weighted by atomic mass is 9.79. The van der Waals surface area contributed by atoms with Crippen LogP contribution in [0.1, 0.15) is 98.1 Å². The van der Waals surface area contributed by atoms with Crippen LogP contribution >= 0.6 is 23.5 Å². The summed E-state index contributed by atoms with van der Waals surface area (Å²) >= 11 is 3.57. The highest BCUT2D eigenvalue weighted by Crippen LogP contribution is 2.41. The van der Waals surface area contributed by atoms with E-state index < -0.39 is 0 Å². The Labute approximate surface area is 188 Å². The maximum absolute atomic E-state index is 10.8. The highest BCUT2D eigenvalue weighted by Gasteiger charge is 2.26. The van der Waals surface area contributed by atoms with Crippen LogP contribution in [0.25, 0.3) is 0 Å². The summed E-state index contributed by atoms with van der Waals surface area (Å²) in [6, 6.07) is 4.21. The first-order valence-corrected chi connectivity index (χ1v) is 13.4. The number of hydrogen-bond acceptors (Lipinski definition) is 4. The molecule has 1 rings (SSSR count). The topological polar surface area (TPSA) is 40.5 Å². The molecular weight excluding hydrogens is 396 g/mol. The van der Waals surface area contributed by atoms with E-state index in [0.717, 1.165) is 27.5 Å². The van der Waals surface area contributed by atoms with E-state index in [9.17, 15) is 10.2 Å². The third-order valence-electron chi connectivity index (χ3n) is 5.09. The Balaban J connectivity index is 2.56. The van der Waals surface area contributed by atoms with Gasteiger partial charge in [-0.25, -0.2) is 0 Å². The van der Waals surface area contributed by atoms with Crippen LogP contribution in [0.3, 0.4) is 0 Å². The van der Waals surface area contributed by atoms with Crippen molar-refractivity contribution in [1.82, 2.24) is 0 Å². The summed E-state index contributed by atoms with van der Waals surface area (Å²) in [5.74, 6) is 3.07. The van der Waals surface area contributed by atoms with Gasteiger partial charge in [-0.3, -0.25) is 0 Å². The number of thioether (sulfide) groups is 2. The number of aliphatic hydroxyl groups excluding tert-OH is 1. The number of phenolic OH excluding ortho intramolecular Hbond substituents is 1. The molecule has 1 atom stereocenters. The van der Waals surface area contributed by atoms with Crippen LogP contribution in [0, 0.1) is 0 Å². The van der Waals surface area contributed by atoms with Gasteiger partial charge in [0.05, 0.1) is 6.10 Å². The van der Waals surface area contributed by atoms with Crippen LogP contribution in [-0.4, -0.2) is 33.6 Å². The van der Waals surface area contributed by atoms with Gasteiger partial charge in [0.1, 0.15) is 5.75 Å². The molecule has 4 heteroatoms. The van der Waals surface area contributed by atoms with Crippen LogP contribution < -0.4 is 0 Å². The Bertz CT molecular complexity index is 565. The average molecular weight is 441 g/mol. The van der Waals surface area contributed by atoms with Gasteiger partial charge < -0.3 is 10.2 Å². The van der Waals surface area contributed by atoms with Gasteiger partial charge in [-0.1, -0.05) is 80.6 Å². The Morgan fingerprint density at radius 3 is 1.86 bits per heavy atom. The summed E-state index contributed by atoms with van der Waals surface area (Å²) in [5, 5.41) is 21.2. The molecule has 0 aliphatic carbocycles. The van der Waals surface area contributed by atoms with E-state index in [-0.39, 0.29) is 16.9 Å². The van der Waals surface area contributed by atoms with E-state index >= 15 is 0 Å². The summed E-state index contributed by atoms with van der Waals surface area (Å²) in [6.45, 7) is 15.1. The van der Waals surface area contributed by atoms with Crippen molar-refractivity contribution >= 4 is 23.5 Å². The third kappa shape index (κ3) is 10.0. The molecule has 0 saturated carbocycles. The van der Waals surface area contributed by atoms with Crippen LogP contribution in [0.5, 0.6) is 5.75 Å². The number of rotatable bonds is 12. The second-order valence-corrected chi connectivity index (χ2v) is 12.4. The predicted molar refractivity (Wildman–Crippen MR) is 133 cm³/mol. The summed E-state index contributed by atoms with van der Waals surface area (Å²) in [6.07, 6.45) is 7.64. The molecule has 0 heterocycles. The van der Waals surface area contributed by atoms with Gasteiger partial charge in [-0.2, -0.15) is 11.8 Å². The molecule has 0 amide bonds. The second-order valence-electron chi connectivity index (χ2n) is 10.2. The molecule has 2 N–H and O–H groups in total. The van der Waals surface area contributed by atoms with Crippen molar-refractivity contribution < 1.29 is 10.2 Å². The molecular formula is C25H44O2S2. The van der Waals surface area contributed by atoms with E-state index in [1.54, 1.807) is 11.8 Å². The fourth-order valence-electron chi connectivity index (χ4n) is 3.28. The molecule has 0 aliphatic heterocycles. The zero-order chi connectivity index (χ0) is 22.1. The lowest BCUT2D eigenvalue weighted by Crippen LogP contribution is -2.18. The van der Waals surface area contributed by atoms with Gasteiger partial charge in [-0.15, -0.1) is 11.8 Å². The van der Waals surface area contributed by atoms with Gasteiger partial charge in [0.25, 0.3) is 0 Å². The standard InChI is InChI=1S/C25H44O2S2/c1-8-9-10-11-12-13-14-28-17-19(26)18-29-20-15-21(24(2,3)4)23(27)22(16-20)25(5,6)7/h15-16,19,26-27H,8-14,17-18H2,1-7H3. The Kier molecular flexibility index (Phi) is 11.5. The van der Waals surface area contributed by atoms with Crippen LogP contribution in [0.4, 0.5) is 0 Å². The van der Waals surface area contributed by atoms with Crippen LogP contribution in [-0.2, 0) is 10.8 Å². The van der Waals surface area contributed by atoms with Gasteiger partial charge in [0.2, 0.25) is 0 Å². The molecule has 1 aromatic rings. The molecule has 0 spiro atoms. The molecule has 0 aromatic heterocycles. The average Bonchev–Trinajstić information content (AvgIpc) is 2.61. The molecule has 0 saturated heterocycles. The van der Waals surface area contributed by atoms with E-state index in [1.807, 2.05) is 11.8 Å². The van der Waals surface area contributed by atoms with E-state index in [2.05, 4.69) is 60.6 Å². The largest absolute Gasteiger partial charge is 0.507 e. The number of hydrogen-bond donors (Lipinski definition) is 2. The first-order chi connectivity index (χ1) is 13.5. The quantitative estimate of drug-likeness (QED) is 0.260. The summed E-state index contributed by atoms with van der Waals surface area (Å²) in [5.41, 5.74) is 1.73. The van der Waals surface area contributed by atoms with Gasteiger partial charge in [0.15, 0.2) is 0 Å². The number of phenols is 1. The molecule has 0 radical (unpaired) electrons. The minimum absolute atomic E-state index is 0.119. The Morgan fingerprint density at radius 1 is 0.828 bits per heavy atom. The Hall–Kier alpha value is -0.320. The molecule has 1 aromatic carbocycles. The van der Waals surface area contributed by atoms with E-state index in [0.29, 0.717) is 11.5 Å². The minimum atomic E-state index is -0.296. The molecule has 168 valence electrons. The monoisotopic (exact) mass is 440 g/mol. The van der Waals surface area contributed by atoms with Crippen molar-refractivity contribution in [3.63, 3.8) is 0 Å². The van der Waals surface area contributed by atoms with Crippen molar-refractivity contribution in [3.05, 3.63) is 23.3 Å². The summed E-state index contributed by atoms with van der Waals surface area (Å²) in [4.78, 5) is 1.14.